The van der Waals surface area contributed by atoms with Crippen molar-refractivity contribution in [1.82, 2.24) is 4.90 Å². The summed E-state index contributed by atoms with van der Waals surface area (Å²) in [7, 11) is 0. The van der Waals surface area contributed by atoms with E-state index in [4.69, 9.17) is 0 Å². The van der Waals surface area contributed by atoms with E-state index in [0.29, 0.717) is 4.90 Å². The van der Waals surface area contributed by atoms with Crippen LogP contribution in [0.1, 0.15) is 45.4 Å². The van der Waals surface area contributed by atoms with Gasteiger partial charge in [0.05, 0.1) is 0 Å². The predicted molar refractivity (Wildman–Crippen MR) is 77.7 cm³/mol. The molecular formula is C16H21NO3. The number of imide groups is 3. The second-order valence-electron chi connectivity index (χ2n) is 4.67. The fraction of sp³-hybridized carbons (Fsp3) is 0.438. The molecule has 1 aliphatic heterocycles. The van der Waals surface area contributed by atoms with Crippen LogP contribution in [-0.4, -0.2) is 22.6 Å². The molecule has 0 unspecified atom stereocenters. The average Bonchev–Trinajstić information content (AvgIpc) is 2.76. The molecule has 0 N–H and O–H groups in total. The van der Waals surface area contributed by atoms with Gasteiger partial charge in [0, 0.05) is 18.2 Å². The highest BCUT2D eigenvalue weighted by atomic mass is 16.2. The van der Waals surface area contributed by atoms with Gasteiger partial charge >= 0.3 is 0 Å². The molecule has 20 heavy (non-hydrogen) atoms. The van der Waals surface area contributed by atoms with E-state index in [1.807, 2.05) is 6.08 Å². The normalized spacial score (nSPS) is 15.2. The molecule has 0 saturated carbocycles. The van der Waals surface area contributed by atoms with Crippen molar-refractivity contribution in [2.24, 2.45) is 0 Å². The van der Waals surface area contributed by atoms with Gasteiger partial charge in [0.2, 0.25) is 0 Å². The first-order chi connectivity index (χ1) is 9.66. The molecule has 0 atom stereocenters. The Morgan fingerprint density at radius 1 is 1.05 bits per heavy atom. The summed E-state index contributed by atoms with van der Waals surface area (Å²) in [6, 6.07) is 0. The largest absolute Gasteiger partial charge is 0.269 e. The van der Waals surface area contributed by atoms with Gasteiger partial charge in [0.1, 0.15) is 0 Å². The number of amides is 3. The highest BCUT2D eigenvalue weighted by Crippen LogP contribution is 2.06. The van der Waals surface area contributed by atoms with Crippen LogP contribution in [0, 0.1) is 0 Å². The molecule has 108 valence electrons. The van der Waals surface area contributed by atoms with Crippen molar-refractivity contribution in [3.8, 4) is 0 Å². The highest BCUT2D eigenvalue weighted by Gasteiger charge is 2.27. The van der Waals surface area contributed by atoms with Crippen molar-refractivity contribution in [1.29, 1.82) is 0 Å². The Balaban J connectivity index is 2.22. The lowest BCUT2D eigenvalue weighted by molar-refractivity contribution is -0.145. The van der Waals surface area contributed by atoms with Crippen LogP contribution < -0.4 is 0 Å². The van der Waals surface area contributed by atoms with Crippen LogP contribution in [0.15, 0.2) is 36.5 Å². The summed E-state index contributed by atoms with van der Waals surface area (Å²) < 4.78 is 0. The number of hydrogen-bond donors (Lipinski definition) is 0. The molecule has 0 radical (unpaired) electrons. The van der Waals surface area contributed by atoms with E-state index in [9.17, 15) is 14.4 Å². The van der Waals surface area contributed by atoms with Gasteiger partial charge in [-0.1, -0.05) is 50.8 Å². The predicted octanol–water partition coefficient (Wildman–Crippen LogP) is 2.91. The molecule has 0 spiro atoms. The van der Waals surface area contributed by atoms with Crippen molar-refractivity contribution in [2.75, 3.05) is 0 Å². The fourth-order valence-electron chi connectivity index (χ4n) is 1.87. The minimum absolute atomic E-state index is 0.579. The molecule has 1 rings (SSSR count). The number of carbonyl (C=O) groups is 3. The van der Waals surface area contributed by atoms with Crippen molar-refractivity contribution in [3.63, 3.8) is 0 Å². The van der Waals surface area contributed by atoms with Gasteiger partial charge in [-0.3, -0.25) is 14.4 Å². The molecule has 0 aromatic rings. The molecule has 0 aliphatic carbocycles. The van der Waals surface area contributed by atoms with E-state index in [2.05, 4.69) is 6.92 Å². The number of carbonyl (C=O) groups excluding carboxylic acids is 3. The van der Waals surface area contributed by atoms with E-state index in [1.165, 1.54) is 31.8 Å². The third kappa shape index (κ3) is 5.34. The summed E-state index contributed by atoms with van der Waals surface area (Å²) in [4.78, 5) is 34.7. The van der Waals surface area contributed by atoms with E-state index in [-0.39, 0.29) is 0 Å². The van der Waals surface area contributed by atoms with Crippen LogP contribution in [0.25, 0.3) is 0 Å². The quantitative estimate of drug-likeness (QED) is 0.296. The molecule has 1 heterocycles. The highest BCUT2D eigenvalue weighted by molar-refractivity contribution is 6.24. The van der Waals surface area contributed by atoms with Crippen molar-refractivity contribution in [3.05, 3.63) is 36.5 Å². The summed E-state index contributed by atoms with van der Waals surface area (Å²) in [6.45, 7) is 2.19. The maximum absolute atomic E-state index is 11.6. The topological polar surface area (TPSA) is 54.5 Å². The third-order valence-electron chi connectivity index (χ3n) is 2.99. The Morgan fingerprint density at radius 2 is 1.70 bits per heavy atom. The smallest absolute Gasteiger partial charge is 0.260 e. The van der Waals surface area contributed by atoms with Gasteiger partial charge in [0.25, 0.3) is 17.7 Å². The molecule has 3 amide bonds. The molecule has 1 aliphatic rings. The summed E-state index contributed by atoms with van der Waals surface area (Å²) in [6.07, 6.45) is 15.9. The molecule has 0 aromatic carbocycles. The zero-order valence-corrected chi connectivity index (χ0v) is 11.9. The zero-order chi connectivity index (χ0) is 14.8. The van der Waals surface area contributed by atoms with Gasteiger partial charge in [-0.15, -0.1) is 0 Å². The first-order valence-electron chi connectivity index (χ1n) is 7.10. The Hall–Kier alpha value is -1.97. The molecular weight excluding hydrogens is 254 g/mol. The molecule has 0 bridgehead atoms. The Morgan fingerprint density at radius 3 is 2.35 bits per heavy atom. The van der Waals surface area contributed by atoms with Crippen LogP contribution in [0.3, 0.4) is 0 Å². The van der Waals surface area contributed by atoms with Crippen LogP contribution in [0.4, 0.5) is 0 Å². The van der Waals surface area contributed by atoms with Gasteiger partial charge < -0.3 is 0 Å². The minimum atomic E-state index is -0.599. The first kappa shape index (κ1) is 16.1. The molecule has 4 heteroatoms. The summed E-state index contributed by atoms with van der Waals surface area (Å²) in [5.74, 6) is -1.76. The first-order valence-corrected chi connectivity index (χ1v) is 7.10. The molecule has 0 fully saturated rings. The lowest BCUT2D eigenvalue weighted by Crippen LogP contribution is -2.34. The van der Waals surface area contributed by atoms with Crippen molar-refractivity contribution >= 4 is 17.7 Å². The van der Waals surface area contributed by atoms with E-state index < -0.39 is 17.7 Å². The van der Waals surface area contributed by atoms with Gasteiger partial charge in [0.15, 0.2) is 0 Å². The second kappa shape index (κ2) is 9.02. The van der Waals surface area contributed by atoms with Gasteiger partial charge in [-0.25, -0.2) is 4.90 Å². The van der Waals surface area contributed by atoms with Crippen molar-refractivity contribution < 1.29 is 14.4 Å². The Labute approximate surface area is 119 Å². The minimum Gasteiger partial charge on any atom is -0.269 e. The fourth-order valence-corrected chi connectivity index (χ4v) is 1.87. The summed E-state index contributed by atoms with van der Waals surface area (Å²) in [5, 5.41) is 0. The van der Waals surface area contributed by atoms with Crippen LogP contribution >= 0.6 is 0 Å². The van der Waals surface area contributed by atoms with Crippen molar-refractivity contribution in [2.45, 2.75) is 45.4 Å². The van der Waals surface area contributed by atoms with Gasteiger partial charge in [-0.05, 0) is 12.8 Å². The molecule has 0 aromatic heterocycles. The average molecular weight is 275 g/mol. The SMILES string of the molecule is CCCCCCC/C=C/C=C/C(=O)N1C(=O)C=CC1=O. The standard InChI is InChI=1S/C16H21NO3/c1-2-3-4-5-6-7-8-9-10-11-14(18)17-15(19)12-13-16(17)20/h8-13H,2-7H2,1H3/b9-8+,11-10+. The van der Waals surface area contributed by atoms with Crippen LogP contribution in [0.2, 0.25) is 0 Å². The van der Waals surface area contributed by atoms with Crippen LogP contribution in [-0.2, 0) is 14.4 Å². The number of hydrogen-bond acceptors (Lipinski definition) is 3. The second-order valence-corrected chi connectivity index (χ2v) is 4.67. The third-order valence-corrected chi connectivity index (χ3v) is 2.99. The lowest BCUT2D eigenvalue weighted by Gasteiger charge is -2.07. The Bertz CT molecular complexity index is 429. The van der Waals surface area contributed by atoms with Gasteiger partial charge in [-0.2, -0.15) is 0 Å². The lowest BCUT2D eigenvalue weighted by atomic mass is 10.1. The zero-order valence-electron chi connectivity index (χ0n) is 11.9. The number of rotatable bonds is 8. The van der Waals surface area contributed by atoms with Crippen LogP contribution in [0.5, 0.6) is 0 Å². The van der Waals surface area contributed by atoms with E-state index in [0.717, 1.165) is 25.0 Å². The molecule has 4 nitrogen and oxygen atoms in total. The maximum Gasteiger partial charge on any atom is 0.260 e. The number of allylic oxidation sites excluding steroid dienone is 3. The number of nitrogens with zero attached hydrogens (tertiary/aromatic N) is 1. The van der Waals surface area contributed by atoms with E-state index >= 15 is 0 Å². The Kier molecular flexibility index (Phi) is 7.25. The monoisotopic (exact) mass is 275 g/mol. The van der Waals surface area contributed by atoms with E-state index in [1.54, 1.807) is 12.2 Å². The molecule has 0 saturated heterocycles. The summed E-state index contributed by atoms with van der Waals surface area (Å²) in [5.41, 5.74) is 0. The maximum atomic E-state index is 11.6. The summed E-state index contributed by atoms with van der Waals surface area (Å²) >= 11 is 0. The number of unbranched alkanes of at least 4 members (excludes halogenated alkanes) is 5.